The maximum absolute atomic E-state index is 12.1. The van der Waals surface area contributed by atoms with E-state index >= 15 is 0 Å². The standard InChI is InChI=1S/C23H37O4Si/c1-6-11-12-20(7-2)19-25-17-18-26-27-23(24)21-13-15-22(16-14-21)28(8-3,9-4)10-5/h8,13-16,18,20H,3,6-7,9-12,17,19H2,1-2,4-5H3. The highest BCUT2D eigenvalue weighted by Crippen LogP contribution is 2.17. The molecule has 4 nitrogen and oxygen atoms in total. The van der Waals surface area contributed by atoms with Crippen molar-refractivity contribution >= 4 is 19.2 Å². The second-order valence-corrected chi connectivity index (χ2v) is 11.9. The average Bonchev–Trinajstić information content (AvgIpc) is 2.74. The largest absolute Gasteiger partial charge is 0.378 e. The van der Waals surface area contributed by atoms with Crippen LogP contribution in [-0.4, -0.2) is 27.3 Å². The van der Waals surface area contributed by atoms with Crippen LogP contribution in [0.15, 0.2) is 36.5 Å². The van der Waals surface area contributed by atoms with Gasteiger partial charge in [-0.1, -0.05) is 82.1 Å². The number of rotatable bonds is 15. The number of carbonyl (C=O) groups is 1. The molecular weight excluding hydrogens is 368 g/mol. The number of benzene rings is 1. The molecule has 1 radical (unpaired) electrons. The van der Waals surface area contributed by atoms with Crippen LogP contribution in [0.4, 0.5) is 0 Å². The molecule has 157 valence electrons. The van der Waals surface area contributed by atoms with Crippen molar-refractivity contribution in [1.29, 1.82) is 0 Å². The average molecular weight is 406 g/mol. The van der Waals surface area contributed by atoms with Crippen LogP contribution in [0.3, 0.4) is 0 Å². The van der Waals surface area contributed by atoms with Crippen molar-refractivity contribution in [1.82, 2.24) is 0 Å². The van der Waals surface area contributed by atoms with Gasteiger partial charge in [0.2, 0.25) is 0 Å². The second kappa shape index (κ2) is 13.7. The van der Waals surface area contributed by atoms with Gasteiger partial charge in [0.05, 0.1) is 12.2 Å². The second-order valence-electron chi connectivity index (χ2n) is 7.23. The smallest absolute Gasteiger partial charge is 0.373 e. The third-order valence-corrected chi connectivity index (χ3v) is 10.4. The van der Waals surface area contributed by atoms with E-state index in [0.717, 1.165) is 18.5 Å². The molecular formula is C23H37O4Si. The molecule has 0 saturated carbocycles. The van der Waals surface area contributed by atoms with Gasteiger partial charge in [-0.25, -0.2) is 4.79 Å². The zero-order valence-electron chi connectivity index (χ0n) is 18.0. The zero-order chi connectivity index (χ0) is 20.8. The SMILES string of the molecule is C=C[Si](CC)(CC)c1ccc(C(=O)OO[CH]COCC(CC)CCCC)cc1. The first-order valence-corrected chi connectivity index (χ1v) is 13.1. The number of carbonyl (C=O) groups excluding carboxylic acids is 1. The van der Waals surface area contributed by atoms with Gasteiger partial charge in [-0.05, 0) is 24.5 Å². The maximum Gasteiger partial charge on any atom is 0.373 e. The molecule has 1 aromatic rings. The summed E-state index contributed by atoms with van der Waals surface area (Å²) in [5.74, 6) is 0.0722. The van der Waals surface area contributed by atoms with Crippen LogP contribution in [0.2, 0.25) is 12.1 Å². The van der Waals surface area contributed by atoms with Gasteiger partial charge in [0.15, 0.2) is 6.61 Å². The molecule has 0 amide bonds. The van der Waals surface area contributed by atoms with Gasteiger partial charge in [-0.15, -0.1) is 6.58 Å². The first-order chi connectivity index (χ1) is 13.6. The van der Waals surface area contributed by atoms with E-state index in [1.165, 1.54) is 31.1 Å². The molecule has 1 atom stereocenters. The van der Waals surface area contributed by atoms with Crippen LogP contribution in [0.1, 0.15) is 63.7 Å². The molecule has 0 fully saturated rings. The van der Waals surface area contributed by atoms with E-state index < -0.39 is 14.0 Å². The Morgan fingerprint density at radius 2 is 1.82 bits per heavy atom. The third kappa shape index (κ3) is 7.53. The van der Waals surface area contributed by atoms with E-state index in [1.807, 2.05) is 12.1 Å². The summed E-state index contributed by atoms with van der Waals surface area (Å²) in [7, 11) is -1.66. The molecule has 28 heavy (non-hydrogen) atoms. The highest BCUT2D eigenvalue weighted by molar-refractivity contribution is 6.95. The summed E-state index contributed by atoms with van der Waals surface area (Å²) < 4.78 is 5.58. The van der Waals surface area contributed by atoms with Gasteiger partial charge in [-0.3, -0.25) is 4.89 Å². The van der Waals surface area contributed by atoms with Gasteiger partial charge >= 0.3 is 5.97 Å². The Kier molecular flexibility index (Phi) is 12.0. The lowest BCUT2D eigenvalue weighted by Gasteiger charge is -2.25. The Morgan fingerprint density at radius 3 is 2.36 bits per heavy atom. The van der Waals surface area contributed by atoms with Gasteiger partial charge in [-0.2, -0.15) is 4.89 Å². The Morgan fingerprint density at radius 1 is 1.14 bits per heavy atom. The van der Waals surface area contributed by atoms with E-state index in [4.69, 9.17) is 14.5 Å². The minimum atomic E-state index is -1.66. The van der Waals surface area contributed by atoms with Gasteiger partial charge < -0.3 is 4.74 Å². The molecule has 1 unspecified atom stereocenters. The minimum Gasteiger partial charge on any atom is -0.378 e. The van der Waals surface area contributed by atoms with Crippen LogP contribution in [0.25, 0.3) is 0 Å². The van der Waals surface area contributed by atoms with E-state index in [0.29, 0.717) is 24.7 Å². The number of hydrogen-bond acceptors (Lipinski definition) is 4. The number of ether oxygens (including phenoxy) is 1. The summed E-state index contributed by atoms with van der Waals surface area (Å²) in [5, 5.41) is 1.29. The van der Waals surface area contributed by atoms with E-state index in [-0.39, 0.29) is 0 Å². The fraction of sp³-hybridized carbons (Fsp3) is 0.565. The maximum atomic E-state index is 12.1. The molecule has 0 aliphatic rings. The lowest BCUT2D eigenvalue weighted by molar-refractivity contribution is -0.218. The normalized spacial score (nSPS) is 12.6. The first-order valence-electron chi connectivity index (χ1n) is 10.6. The monoisotopic (exact) mass is 405 g/mol. The highest BCUT2D eigenvalue weighted by atomic mass is 28.3. The molecule has 0 heterocycles. The van der Waals surface area contributed by atoms with Crippen LogP contribution in [0, 0.1) is 12.5 Å². The topological polar surface area (TPSA) is 44.8 Å². The van der Waals surface area contributed by atoms with Crippen molar-refractivity contribution in [3.8, 4) is 0 Å². The first kappa shape index (κ1) is 24.6. The van der Waals surface area contributed by atoms with Crippen molar-refractivity contribution in [3.63, 3.8) is 0 Å². The predicted octanol–water partition coefficient (Wildman–Crippen LogP) is 5.59. The van der Waals surface area contributed by atoms with E-state index in [1.54, 1.807) is 12.1 Å². The zero-order valence-corrected chi connectivity index (χ0v) is 19.0. The van der Waals surface area contributed by atoms with Gasteiger partial charge in [0, 0.05) is 6.61 Å². The van der Waals surface area contributed by atoms with Crippen molar-refractivity contribution in [2.45, 2.75) is 65.5 Å². The summed E-state index contributed by atoms with van der Waals surface area (Å²) in [6.45, 7) is 15.2. The molecule has 5 heteroatoms. The third-order valence-electron chi connectivity index (χ3n) is 5.62. The molecule has 1 rings (SSSR count). The Bertz CT molecular complexity index is 566. The lowest BCUT2D eigenvalue weighted by Crippen LogP contribution is -2.44. The molecule has 0 N–H and O–H groups in total. The minimum absolute atomic E-state index is 0.301. The Labute approximate surface area is 172 Å². The summed E-state index contributed by atoms with van der Waals surface area (Å²) in [5.41, 5.74) is 2.60. The molecule has 0 aromatic heterocycles. The van der Waals surface area contributed by atoms with Gasteiger partial charge in [0.25, 0.3) is 0 Å². The summed E-state index contributed by atoms with van der Waals surface area (Å²) >= 11 is 0. The van der Waals surface area contributed by atoms with Crippen molar-refractivity contribution < 1.29 is 19.3 Å². The van der Waals surface area contributed by atoms with Gasteiger partial charge in [0.1, 0.15) is 8.07 Å². The predicted molar refractivity (Wildman–Crippen MR) is 118 cm³/mol. The van der Waals surface area contributed by atoms with E-state index in [9.17, 15) is 4.79 Å². The van der Waals surface area contributed by atoms with Crippen molar-refractivity contribution in [2.24, 2.45) is 5.92 Å². The highest BCUT2D eigenvalue weighted by Gasteiger charge is 2.27. The molecule has 0 aliphatic heterocycles. The summed E-state index contributed by atoms with van der Waals surface area (Å²) in [6, 6.07) is 9.84. The Hall–Kier alpha value is -1.43. The number of hydrogen-bond donors (Lipinski definition) is 0. The molecule has 0 saturated heterocycles. The van der Waals surface area contributed by atoms with Crippen LogP contribution >= 0.6 is 0 Å². The summed E-state index contributed by atoms with van der Waals surface area (Å²) in [4.78, 5) is 21.9. The van der Waals surface area contributed by atoms with E-state index in [2.05, 4.69) is 40.0 Å². The fourth-order valence-electron chi connectivity index (χ4n) is 3.34. The summed E-state index contributed by atoms with van der Waals surface area (Å²) in [6.07, 6.45) is 4.73. The molecule has 0 bridgehead atoms. The quantitative estimate of drug-likeness (QED) is 0.165. The van der Waals surface area contributed by atoms with Crippen molar-refractivity contribution in [3.05, 3.63) is 48.7 Å². The fourth-order valence-corrected chi connectivity index (χ4v) is 6.30. The molecule has 0 spiro atoms. The molecule has 0 aliphatic carbocycles. The van der Waals surface area contributed by atoms with Crippen LogP contribution in [-0.2, 0) is 14.5 Å². The van der Waals surface area contributed by atoms with Crippen LogP contribution < -0.4 is 5.19 Å². The van der Waals surface area contributed by atoms with Crippen molar-refractivity contribution in [2.75, 3.05) is 13.2 Å². The Balaban J connectivity index is 2.37. The van der Waals surface area contributed by atoms with Crippen LogP contribution in [0.5, 0.6) is 0 Å². The lowest BCUT2D eigenvalue weighted by atomic mass is 10.0. The molecule has 1 aromatic carbocycles. The number of unbranched alkanes of at least 4 members (excludes halogenated alkanes) is 1.